The van der Waals surface area contributed by atoms with E-state index >= 15 is 0 Å². The quantitative estimate of drug-likeness (QED) is 0.644. The summed E-state index contributed by atoms with van der Waals surface area (Å²) in [6, 6.07) is 6.84. The van der Waals surface area contributed by atoms with Gasteiger partial charge in [-0.3, -0.25) is 9.59 Å². The maximum absolute atomic E-state index is 12.3. The third kappa shape index (κ3) is 3.06. The number of nitrogen functional groups attached to an aromatic ring is 1. The van der Waals surface area contributed by atoms with Gasteiger partial charge in [0.15, 0.2) is 0 Å². The van der Waals surface area contributed by atoms with Gasteiger partial charge in [-0.1, -0.05) is 11.6 Å². The van der Waals surface area contributed by atoms with E-state index in [0.717, 1.165) is 11.8 Å². The Morgan fingerprint density at radius 1 is 1.57 bits per heavy atom. The fourth-order valence-corrected chi connectivity index (χ4v) is 1.74. The summed E-state index contributed by atoms with van der Waals surface area (Å²) < 4.78 is 5.36. The first-order valence-corrected chi connectivity index (χ1v) is 6.04. The Labute approximate surface area is 119 Å². The Morgan fingerprint density at radius 3 is 3.05 bits per heavy atom. The van der Waals surface area contributed by atoms with Crippen LogP contribution in [0, 0.1) is 18.3 Å². The Kier molecular flexibility index (Phi) is 4.00. The van der Waals surface area contributed by atoms with E-state index in [9.17, 15) is 9.59 Å². The first kappa shape index (κ1) is 14.3. The number of fused-ring (bicyclic) bond motifs is 1. The zero-order valence-electron chi connectivity index (χ0n) is 11.2. The molecule has 2 rings (SSSR count). The monoisotopic (exact) mass is 284 g/mol. The number of rotatable bonds is 3. The van der Waals surface area contributed by atoms with Gasteiger partial charge in [-0.15, -0.1) is 0 Å². The summed E-state index contributed by atoms with van der Waals surface area (Å²) in [6.45, 7) is 1.85. The van der Waals surface area contributed by atoms with Gasteiger partial charge in [0.05, 0.1) is 17.7 Å². The zero-order chi connectivity index (χ0) is 15.4. The SMILES string of the molecule is Cc1ccc2oc(N)c(/C=N/NC(=O)CC#N)c(=O)c2c1. The van der Waals surface area contributed by atoms with Crippen molar-refractivity contribution in [1.82, 2.24) is 5.43 Å². The van der Waals surface area contributed by atoms with Gasteiger partial charge >= 0.3 is 0 Å². The molecule has 0 spiro atoms. The number of carbonyl (C=O) groups excluding carboxylic acids is 1. The van der Waals surface area contributed by atoms with E-state index in [1.165, 1.54) is 0 Å². The van der Waals surface area contributed by atoms with Crippen molar-refractivity contribution in [2.45, 2.75) is 13.3 Å². The van der Waals surface area contributed by atoms with Crippen molar-refractivity contribution < 1.29 is 9.21 Å². The molecular formula is C14H12N4O3. The van der Waals surface area contributed by atoms with Crippen LogP contribution in [0.2, 0.25) is 0 Å². The van der Waals surface area contributed by atoms with Crippen LogP contribution < -0.4 is 16.6 Å². The summed E-state index contributed by atoms with van der Waals surface area (Å²) in [5, 5.41) is 12.3. The number of anilines is 1. The fourth-order valence-electron chi connectivity index (χ4n) is 1.74. The molecule has 1 amide bonds. The molecule has 1 heterocycles. The minimum Gasteiger partial charge on any atom is -0.440 e. The zero-order valence-corrected chi connectivity index (χ0v) is 11.2. The lowest BCUT2D eigenvalue weighted by Crippen LogP contribution is -2.18. The predicted molar refractivity (Wildman–Crippen MR) is 77.6 cm³/mol. The van der Waals surface area contributed by atoms with Crippen LogP contribution in [0.3, 0.4) is 0 Å². The first-order valence-electron chi connectivity index (χ1n) is 6.04. The number of benzene rings is 1. The Hall–Kier alpha value is -3.14. The van der Waals surface area contributed by atoms with Gasteiger partial charge in [0.1, 0.15) is 17.6 Å². The normalized spacial score (nSPS) is 10.7. The van der Waals surface area contributed by atoms with Crippen LogP contribution in [-0.4, -0.2) is 12.1 Å². The smallest absolute Gasteiger partial charge is 0.254 e. The molecule has 0 saturated heterocycles. The van der Waals surface area contributed by atoms with Gasteiger partial charge in [-0.05, 0) is 19.1 Å². The second-order valence-electron chi connectivity index (χ2n) is 4.34. The number of nitrogens with zero attached hydrogens (tertiary/aromatic N) is 2. The molecule has 106 valence electrons. The number of hydrazone groups is 1. The molecule has 0 saturated carbocycles. The molecule has 1 aromatic heterocycles. The Morgan fingerprint density at radius 2 is 2.33 bits per heavy atom. The van der Waals surface area contributed by atoms with Crippen molar-refractivity contribution >= 4 is 29.0 Å². The van der Waals surface area contributed by atoms with Crippen molar-refractivity contribution in [2.75, 3.05) is 5.73 Å². The van der Waals surface area contributed by atoms with Crippen LogP contribution in [0.25, 0.3) is 11.0 Å². The average Bonchev–Trinajstić information content (AvgIpc) is 2.44. The van der Waals surface area contributed by atoms with Crippen LogP contribution in [0.15, 0.2) is 32.5 Å². The average molecular weight is 284 g/mol. The highest BCUT2D eigenvalue weighted by Gasteiger charge is 2.10. The second-order valence-corrected chi connectivity index (χ2v) is 4.34. The number of nitrogens with one attached hydrogen (secondary N) is 1. The molecule has 7 nitrogen and oxygen atoms in total. The highest BCUT2D eigenvalue weighted by atomic mass is 16.3. The number of nitriles is 1. The molecule has 0 bridgehead atoms. The van der Waals surface area contributed by atoms with Gasteiger partial charge in [0.2, 0.25) is 11.3 Å². The minimum absolute atomic E-state index is 0.0466. The highest BCUT2D eigenvalue weighted by Crippen LogP contribution is 2.17. The standard InChI is InChI=1S/C14H12N4O3/c1-8-2-3-11-9(6-8)13(20)10(14(16)21-11)7-17-18-12(19)4-5-15/h2-3,6-7H,4,16H2,1H3,(H,18,19)/b17-7+. The lowest BCUT2D eigenvalue weighted by atomic mass is 10.1. The lowest BCUT2D eigenvalue weighted by molar-refractivity contribution is -0.120. The van der Waals surface area contributed by atoms with Gasteiger partial charge < -0.3 is 10.2 Å². The number of aryl methyl sites for hydroxylation is 1. The molecule has 0 aliphatic heterocycles. The van der Waals surface area contributed by atoms with Crippen LogP contribution >= 0.6 is 0 Å². The summed E-state index contributed by atoms with van der Waals surface area (Å²) in [5.41, 5.74) is 8.80. The molecule has 2 aromatic rings. The van der Waals surface area contributed by atoms with Crippen molar-refractivity contribution in [3.8, 4) is 6.07 Å². The van der Waals surface area contributed by atoms with E-state index in [0.29, 0.717) is 11.0 Å². The molecule has 0 unspecified atom stereocenters. The van der Waals surface area contributed by atoms with Gasteiger partial charge in [0, 0.05) is 0 Å². The summed E-state index contributed by atoms with van der Waals surface area (Å²) in [6.07, 6.45) is 0.788. The summed E-state index contributed by atoms with van der Waals surface area (Å²) in [5.74, 6) is -0.664. The van der Waals surface area contributed by atoms with E-state index in [-0.39, 0.29) is 23.3 Å². The summed E-state index contributed by atoms with van der Waals surface area (Å²) in [7, 11) is 0. The highest BCUT2D eigenvalue weighted by molar-refractivity contribution is 5.92. The minimum atomic E-state index is -0.576. The van der Waals surface area contributed by atoms with E-state index in [1.807, 2.05) is 6.92 Å². The third-order valence-corrected chi connectivity index (χ3v) is 2.73. The number of hydrogen-bond acceptors (Lipinski definition) is 6. The fraction of sp³-hybridized carbons (Fsp3) is 0.143. The van der Waals surface area contributed by atoms with Gasteiger partial charge in [-0.25, -0.2) is 5.43 Å². The van der Waals surface area contributed by atoms with E-state index in [2.05, 4.69) is 10.5 Å². The molecule has 3 N–H and O–H groups in total. The number of carbonyl (C=O) groups is 1. The van der Waals surface area contributed by atoms with Crippen molar-refractivity contribution in [2.24, 2.45) is 5.10 Å². The second kappa shape index (κ2) is 5.88. The Balaban J connectivity index is 2.40. The summed E-state index contributed by atoms with van der Waals surface area (Å²) >= 11 is 0. The maximum Gasteiger partial charge on any atom is 0.254 e. The Bertz CT molecular complexity index is 830. The molecule has 0 atom stereocenters. The molecule has 0 fully saturated rings. The van der Waals surface area contributed by atoms with Crippen molar-refractivity contribution in [3.63, 3.8) is 0 Å². The van der Waals surface area contributed by atoms with E-state index in [1.54, 1.807) is 24.3 Å². The molecule has 0 aliphatic rings. The molecule has 21 heavy (non-hydrogen) atoms. The van der Waals surface area contributed by atoms with Crippen molar-refractivity contribution in [3.05, 3.63) is 39.5 Å². The van der Waals surface area contributed by atoms with E-state index < -0.39 is 5.91 Å². The maximum atomic E-state index is 12.3. The number of nitrogens with two attached hydrogens (primary N) is 1. The molecule has 0 radical (unpaired) electrons. The molecule has 7 heteroatoms. The topological polar surface area (TPSA) is 121 Å². The van der Waals surface area contributed by atoms with E-state index in [4.69, 9.17) is 15.4 Å². The van der Waals surface area contributed by atoms with Gasteiger partial charge in [-0.2, -0.15) is 10.4 Å². The largest absolute Gasteiger partial charge is 0.440 e. The van der Waals surface area contributed by atoms with Gasteiger partial charge in [0.25, 0.3) is 5.91 Å². The predicted octanol–water partition coefficient (Wildman–Crippen LogP) is 1.05. The molecule has 0 aliphatic carbocycles. The van der Waals surface area contributed by atoms with Crippen LogP contribution in [0.1, 0.15) is 17.5 Å². The van der Waals surface area contributed by atoms with Crippen LogP contribution in [0.4, 0.5) is 5.88 Å². The molecular weight excluding hydrogens is 272 g/mol. The lowest BCUT2D eigenvalue weighted by Gasteiger charge is -2.03. The number of amides is 1. The van der Waals surface area contributed by atoms with Crippen LogP contribution in [0.5, 0.6) is 0 Å². The first-order chi connectivity index (χ1) is 10.0. The van der Waals surface area contributed by atoms with Crippen molar-refractivity contribution in [1.29, 1.82) is 5.26 Å². The number of hydrogen-bond donors (Lipinski definition) is 2. The molecule has 1 aromatic carbocycles. The summed E-state index contributed by atoms with van der Waals surface area (Å²) in [4.78, 5) is 23.4. The third-order valence-electron chi connectivity index (χ3n) is 2.73. The van der Waals surface area contributed by atoms with Crippen LogP contribution in [-0.2, 0) is 4.79 Å².